The molecule has 0 aliphatic carbocycles. The van der Waals surface area contributed by atoms with Gasteiger partial charge < -0.3 is 0 Å². The highest BCUT2D eigenvalue weighted by molar-refractivity contribution is 6.30. The third-order valence-electron chi connectivity index (χ3n) is 2.81. The van der Waals surface area contributed by atoms with E-state index in [1.165, 1.54) is 0 Å². The van der Waals surface area contributed by atoms with Gasteiger partial charge in [-0.25, -0.2) is 8.78 Å². The second kappa shape index (κ2) is 5.64. The van der Waals surface area contributed by atoms with E-state index >= 15 is 0 Å². The maximum atomic E-state index is 13.8. The van der Waals surface area contributed by atoms with Crippen molar-refractivity contribution >= 4 is 11.6 Å². The van der Waals surface area contributed by atoms with Crippen molar-refractivity contribution < 1.29 is 8.78 Å². The van der Waals surface area contributed by atoms with Gasteiger partial charge in [-0.1, -0.05) is 11.6 Å². The average Bonchev–Trinajstić information content (AvgIpc) is 2.77. The normalized spacial score (nSPS) is 12.7. The Morgan fingerprint density at radius 2 is 2.16 bits per heavy atom. The summed E-state index contributed by atoms with van der Waals surface area (Å²) in [6, 6.07) is 1.44. The first kappa shape index (κ1) is 13.9. The number of aryl methyl sites for hydroxylation is 1. The molecule has 2 aromatic rings. The molecule has 19 heavy (non-hydrogen) atoms. The number of nitrogens with one attached hydrogen (secondary N) is 1. The van der Waals surface area contributed by atoms with Gasteiger partial charge in [0.15, 0.2) is 0 Å². The molecule has 1 atom stereocenters. The summed E-state index contributed by atoms with van der Waals surface area (Å²) in [7, 11) is 1.77. The van der Waals surface area contributed by atoms with Gasteiger partial charge in [0.2, 0.25) is 0 Å². The molecule has 0 amide bonds. The van der Waals surface area contributed by atoms with Crippen LogP contribution in [0.15, 0.2) is 24.5 Å². The van der Waals surface area contributed by atoms with E-state index in [4.69, 9.17) is 17.4 Å². The number of nitrogens with zero attached hydrogens (tertiary/aromatic N) is 2. The summed E-state index contributed by atoms with van der Waals surface area (Å²) in [5, 5.41) is 3.76. The molecule has 1 aromatic carbocycles. The zero-order valence-electron chi connectivity index (χ0n) is 10.2. The average molecular weight is 287 g/mol. The first-order valence-corrected chi connectivity index (χ1v) is 5.97. The second-order valence-electron chi connectivity index (χ2n) is 4.23. The van der Waals surface area contributed by atoms with E-state index < -0.39 is 17.7 Å². The van der Waals surface area contributed by atoms with E-state index in [-0.39, 0.29) is 10.6 Å². The minimum Gasteiger partial charge on any atom is -0.276 e. The van der Waals surface area contributed by atoms with Crippen molar-refractivity contribution in [3.05, 3.63) is 52.3 Å². The molecule has 102 valence electrons. The summed E-state index contributed by atoms with van der Waals surface area (Å²) in [5.41, 5.74) is 3.47. The van der Waals surface area contributed by atoms with Crippen LogP contribution < -0.4 is 11.3 Å². The Morgan fingerprint density at radius 1 is 1.42 bits per heavy atom. The van der Waals surface area contributed by atoms with E-state index in [1.54, 1.807) is 24.1 Å². The van der Waals surface area contributed by atoms with Crippen LogP contribution >= 0.6 is 11.6 Å². The van der Waals surface area contributed by atoms with Crippen molar-refractivity contribution in [2.75, 3.05) is 0 Å². The first-order valence-electron chi connectivity index (χ1n) is 5.59. The van der Waals surface area contributed by atoms with E-state index in [0.29, 0.717) is 6.42 Å². The van der Waals surface area contributed by atoms with Crippen LogP contribution in [0, 0.1) is 11.6 Å². The van der Waals surface area contributed by atoms with Crippen LogP contribution in [0.2, 0.25) is 5.02 Å². The standard InChI is InChI=1S/C12H13ClF2N4/c1-19-6-7(5-17-19)2-12(18-16)8-3-11(15)9(13)4-10(8)14/h3-6,12,18H,2,16H2,1H3. The molecule has 0 bridgehead atoms. The summed E-state index contributed by atoms with van der Waals surface area (Å²) in [5.74, 6) is 4.14. The van der Waals surface area contributed by atoms with E-state index in [0.717, 1.165) is 17.7 Å². The molecule has 3 N–H and O–H groups in total. The third-order valence-corrected chi connectivity index (χ3v) is 3.10. The molecule has 0 radical (unpaired) electrons. The van der Waals surface area contributed by atoms with Gasteiger partial charge in [0.05, 0.1) is 17.3 Å². The van der Waals surface area contributed by atoms with Crippen molar-refractivity contribution in [1.29, 1.82) is 0 Å². The van der Waals surface area contributed by atoms with Crippen LogP contribution in [-0.2, 0) is 13.5 Å². The Bertz CT molecular complexity index is 585. The summed E-state index contributed by atoms with van der Waals surface area (Å²) in [6.45, 7) is 0. The van der Waals surface area contributed by atoms with Crippen molar-refractivity contribution in [3.8, 4) is 0 Å². The number of rotatable bonds is 4. The molecule has 1 heterocycles. The maximum Gasteiger partial charge on any atom is 0.142 e. The quantitative estimate of drug-likeness (QED) is 0.514. The molecule has 4 nitrogen and oxygen atoms in total. The molecular formula is C12H13ClF2N4. The molecule has 1 unspecified atom stereocenters. The fourth-order valence-electron chi connectivity index (χ4n) is 1.88. The lowest BCUT2D eigenvalue weighted by molar-refractivity contribution is 0.502. The highest BCUT2D eigenvalue weighted by atomic mass is 35.5. The van der Waals surface area contributed by atoms with Gasteiger partial charge in [0, 0.05) is 18.8 Å². The van der Waals surface area contributed by atoms with E-state index in [1.807, 2.05) is 0 Å². The molecule has 1 aromatic heterocycles. The van der Waals surface area contributed by atoms with Gasteiger partial charge >= 0.3 is 0 Å². The molecule has 0 saturated heterocycles. The second-order valence-corrected chi connectivity index (χ2v) is 4.64. The smallest absolute Gasteiger partial charge is 0.142 e. The number of halogens is 3. The molecule has 0 aliphatic rings. The van der Waals surface area contributed by atoms with Crippen LogP contribution in [0.3, 0.4) is 0 Å². The summed E-state index contributed by atoms with van der Waals surface area (Å²) < 4.78 is 28.8. The molecule has 0 aliphatic heterocycles. The summed E-state index contributed by atoms with van der Waals surface area (Å²) in [6.07, 6.45) is 3.82. The molecule has 0 spiro atoms. The Kier molecular flexibility index (Phi) is 4.14. The zero-order chi connectivity index (χ0) is 14.0. The van der Waals surface area contributed by atoms with Crippen molar-refractivity contribution in [3.63, 3.8) is 0 Å². The lowest BCUT2D eigenvalue weighted by Gasteiger charge is -2.16. The van der Waals surface area contributed by atoms with Crippen molar-refractivity contribution in [2.24, 2.45) is 12.9 Å². The van der Waals surface area contributed by atoms with Gasteiger partial charge in [-0.05, 0) is 24.1 Å². The first-order chi connectivity index (χ1) is 9.01. The van der Waals surface area contributed by atoms with Gasteiger partial charge in [-0.15, -0.1) is 0 Å². The zero-order valence-corrected chi connectivity index (χ0v) is 11.0. The summed E-state index contributed by atoms with van der Waals surface area (Å²) in [4.78, 5) is 0. The predicted molar refractivity (Wildman–Crippen MR) is 68.3 cm³/mol. The fourth-order valence-corrected chi connectivity index (χ4v) is 2.03. The van der Waals surface area contributed by atoms with E-state index in [9.17, 15) is 8.78 Å². The number of benzene rings is 1. The van der Waals surface area contributed by atoms with Crippen molar-refractivity contribution in [2.45, 2.75) is 12.5 Å². The highest BCUT2D eigenvalue weighted by Crippen LogP contribution is 2.25. The van der Waals surface area contributed by atoms with Gasteiger partial charge in [-0.3, -0.25) is 16.0 Å². The highest BCUT2D eigenvalue weighted by Gasteiger charge is 2.18. The Labute approximate surface area is 114 Å². The molecule has 0 saturated carbocycles. The number of hydrazine groups is 1. The SMILES string of the molecule is Cn1cc(CC(NN)c2cc(F)c(Cl)cc2F)cn1. The van der Waals surface area contributed by atoms with Crippen LogP contribution in [0.1, 0.15) is 17.2 Å². The van der Waals surface area contributed by atoms with Gasteiger partial charge in [0.25, 0.3) is 0 Å². The van der Waals surface area contributed by atoms with Crippen LogP contribution in [0.4, 0.5) is 8.78 Å². The van der Waals surface area contributed by atoms with Crippen LogP contribution in [-0.4, -0.2) is 9.78 Å². The van der Waals surface area contributed by atoms with Crippen LogP contribution in [0.5, 0.6) is 0 Å². The fraction of sp³-hybridized carbons (Fsp3) is 0.250. The molecule has 0 fully saturated rings. The molecular weight excluding hydrogens is 274 g/mol. The Hall–Kier alpha value is -1.50. The minimum atomic E-state index is -0.676. The number of hydrogen-bond acceptors (Lipinski definition) is 3. The van der Waals surface area contributed by atoms with E-state index in [2.05, 4.69) is 10.5 Å². The lowest BCUT2D eigenvalue weighted by Crippen LogP contribution is -2.30. The Balaban J connectivity index is 2.29. The topological polar surface area (TPSA) is 55.9 Å². The molecule has 7 heteroatoms. The van der Waals surface area contributed by atoms with Crippen LogP contribution in [0.25, 0.3) is 0 Å². The minimum absolute atomic E-state index is 0.133. The number of aromatic nitrogens is 2. The number of nitrogens with two attached hydrogens (primary N) is 1. The maximum absolute atomic E-state index is 13.8. The lowest BCUT2D eigenvalue weighted by atomic mass is 10.0. The Morgan fingerprint density at radius 3 is 2.74 bits per heavy atom. The monoisotopic (exact) mass is 286 g/mol. The number of hydrogen-bond donors (Lipinski definition) is 2. The van der Waals surface area contributed by atoms with Gasteiger partial charge in [-0.2, -0.15) is 5.10 Å². The predicted octanol–water partition coefficient (Wildman–Crippen LogP) is 2.10. The largest absolute Gasteiger partial charge is 0.276 e. The third kappa shape index (κ3) is 3.09. The summed E-state index contributed by atoms with van der Waals surface area (Å²) >= 11 is 5.52. The molecule has 2 rings (SSSR count). The van der Waals surface area contributed by atoms with Crippen molar-refractivity contribution in [1.82, 2.24) is 15.2 Å². The van der Waals surface area contributed by atoms with Gasteiger partial charge in [0.1, 0.15) is 11.6 Å².